The molecule has 2 aromatic heterocycles. The smallest absolute Gasteiger partial charge is 0.382 e. The summed E-state index contributed by atoms with van der Waals surface area (Å²) in [5, 5.41) is 0. The standard InChI is InChI=1S/C13H10F3N5/c14-13(15,16)9-3-1-2-8(4-9)5-21-7-20-10-11(17)18-6-19-12(10)21/h1-4,6-7H,5H2,(H2,17,18,19). The molecule has 0 spiro atoms. The number of benzene rings is 1. The van der Waals surface area contributed by atoms with Crippen molar-refractivity contribution in [3.05, 3.63) is 48.0 Å². The van der Waals surface area contributed by atoms with Crippen molar-refractivity contribution in [2.75, 3.05) is 5.73 Å². The molecule has 2 heterocycles. The first-order valence-electron chi connectivity index (χ1n) is 6.02. The predicted molar refractivity (Wildman–Crippen MR) is 70.3 cm³/mol. The van der Waals surface area contributed by atoms with Gasteiger partial charge in [-0.3, -0.25) is 0 Å². The Morgan fingerprint density at radius 1 is 1.14 bits per heavy atom. The summed E-state index contributed by atoms with van der Waals surface area (Å²) in [5.41, 5.74) is 6.41. The summed E-state index contributed by atoms with van der Waals surface area (Å²) in [5.74, 6) is 0.239. The van der Waals surface area contributed by atoms with Gasteiger partial charge >= 0.3 is 6.18 Å². The van der Waals surface area contributed by atoms with Gasteiger partial charge in [-0.05, 0) is 17.7 Å². The number of hydrogen-bond donors (Lipinski definition) is 1. The van der Waals surface area contributed by atoms with Crippen molar-refractivity contribution in [3.63, 3.8) is 0 Å². The Hall–Kier alpha value is -2.64. The van der Waals surface area contributed by atoms with Crippen LogP contribution in [0.3, 0.4) is 0 Å². The summed E-state index contributed by atoms with van der Waals surface area (Å²) in [7, 11) is 0. The number of anilines is 1. The van der Waals surface area contributed by atoms with Gasteiger partial charge < -0.3 is 10.3 Å². The van der Waals surface area contributed by atoms with E-state index < -0.39 is 11.7 Å². The topological polar surface area (TPSA) is 69.6 Å². The molecule has 0 fully saturated rings. The summed E-state index contributed by atoms with van der Waals surface area (Å²) in [6.07, 6.45) is -1.59. The predicted octanol–water partition coefficient (Wildman–Crippen LogP) is 2.48. The van der Waals surface area contributed by atoms with Crippen molar-refractivity contribution in [2.45, 2.75) is 12.7 Å². The molecule has 0 aliphatic carbocycles. The lowest BCUT2D eigenvalue weighted by molar-refractivity contribution is -0.137. The highest BCUT2D eigenvalue weighted by Gasteiger charge is 2.30. The molecule has 8 heteroatoms. The van der Waals surface area contributed by atoms with E-state index in [1.807, 2.05) is 0 Å². The Morgan fingerprint density at radius 2 is 1.95 bits per heavy atom. The van der Waals surface area contributed by atoms with E-state index in [2.05, 4.69) is 15.0 Å². The van der Waals surface area contributed by atoms with Crippen LogP contribution in [0.15, 0.2) is 36.9 Å². The first-order valence-corrected chi connectivity index (χ1v) is 6.02. The second-order valence-corrected chi connectivity index (χ2v) is 4.50. The maximum Gasteiger partial charge on any atom is 0.416 e. The summed E-state index contributed by atoms with van der Waals surface area (Å²) < 4.78 is 39.7. The van der Waals surface area contributed by atoms with Crippen LogP contribution in [0.2, 0.25) is 0 Å². The molecule has 0 saturated heterocycles. The lowest BCUT2D eigenvalue weighted by Gasteiger charge is -2.09. The van der Waals surface area contributed by atoms with Crippen molar-refractivity contribution in [1.29, 1.82) is 0 Å². The highest BCUT2D eigenvalue weighted by Crippen LogP contribution is 2.29. The van der Waals surface area contributed by atoms with E-state index in [-0.39, 0.29) is 12.4 Å². The van der Waals surface area contributed by atoms with Crippen LogP contribution in [-0.2, 0) is 12.7 Å². The third-order valence-corrected chi connectivity index (χ3v) is 3.04. The molecular weight excluding hydrogens is 283 g/mol. The van der Waals surface area contributed by atoms with Gasteiger partial charge in [0.1, 0.15) is 11.8 Å². The Labute approximate surface area is 117 Å². The molecule has 2 N–H and O–H groups in total. The lowest BCUT2D eigenvalue weighted by atomic mass is 10.1. The van der Waals surface area contributed by atoms with Crippen LogP contribution in [0.5, 0.6) is 0 Å². The number of halogens is 3. The van der Waals surface area contributed by atoms with Crippen LogP contribution in [0.4, 0.5) is 19.0 Å². The van der Waals surface area contributed by atoms with Crippen molar-refractivity contribution in [1.82, 2.24) is 19.5 Å². The molecule has 5 nitrogen and oxygen atoms in total. The number of nitrogens with zero attached hydrogens (tertiary/aromatic N) is 4. The van der Waals surface area contributed by atoms with Crippen molar-refractivity contribution < 1.29 is 13.2 Å². The van der Waals surface area contributed by atoms with Crippen LogP contribution in [0.25, 0.3) is 11.2 Å². The summed E-state index contributed by atoms with van der Waals surface area (Å²) in [6.45, 7) is 0.219. The Kier molecular flexibility index (Phi) is 3.00. The number of fused-ring (bicyclic) bond motifs is 1. The van der Waals surface area contributed by atoms with Crippen LogP contribution in [-0.4, -0.2) is 19.5 Å². The van der Waals surface area contributed by atoms with Gasteiger partial charge in [0.05, 0.1) is 18.4 Å². The Balaban J connectivity index is 1.98. The third-order valence-electron chi connectivity index (χ3n) is 3.04. The molecule has 108 valence electrons. The van der Waals surface area contributed by atoms with Gasteiger partial charge in [0.25, 0.3) is 0 Å². The lowest BCUT2D eigenvalue weighted by Crippen LogP contribution is -2.07. The van der Waals surface area contributed by atoms with E-state index in [0.29, 0.717) is 16.7 Å². The molecule has 0 bridgehead atoms. The minimum absolute atomic E-state index is 0.219. The average Bonchev–Trinajstić information content (AvgIpc) is 2.83. The van der Waals surface area contributed by atoms with Gasteiger partial charge in [-0.2, -0.15) is 13.2 Å². The molecule has 0 aliphatic rings. The number of imidazole rings is 1. The summed E-state index contributed by atoms with van der Waals surface area (Å²) in [6, 6.07) is 5.14. The zero-order valence-corrected chi connectivity index (χ0v) is 10.7. The molecule has 0 saturated carbocycles. The van der Waals surface area contributed by atoms with E-state index in [9.17, 15) is 13.2 Å². The van der Waals surface area contributed by atoms with Crippen molar-refractivity contribution >= 4 is 17.0 Å². The zero-order chi connectivity index (χ0) is 15.0. The maximum absolute atomic E-state index is 12.7. The van der Waals surface area contributed by atoms with Crippen molar-refractivity contribution in [2.24, 2.45) is 0 Å². The van der Waals surface area contributed by atoms with Gasteiger partial charge in [0.15, 0.2) is 11.5 Å². The summed E-state index contributed by atoms with van der Waals surface area (Å²) in [4.78, 5) is 11.9. The Bertz CT molecular complexity index is 794. The average molecular weight is 293 g/mol. The molecule has 0 atom stereocenters. The number of hydrogen-bond acceptors (Lipinski definition) is 4. The minimum atomic E-state index is -4.36. The molecule has 0 radical (unpaired) electrons. The number of nitrogens with two attached hydrogens (primary N) is 1. The first-order chi connectivity index (χ1) is 9.95. The van der Waals surface area contributed by atoms with Crippen LogP contribution in [0, 0.1) is 0 Å². The van der Waals surface area contributed by atoms with Gasteiger partial charge in [0.2, 0.25) is 0 Å². The van der Waals surface area contributed by atoms with Crippen LogP contribution < -0.4 is 5.73 Å². The van der Waals surface area contributed by atoms with Gasteiger partial charge in [-0.15, -0.1) is 0 Å². The molecule has 21 heavy (non-hydrogen) atoms. The molecular formula is C13H10F3N5. The van der Waals surface area contributed by atoms with E-state index >= 15 is 0 Å². The summed E-state index contributed by atoms with van der Waals surface area (Å²) >= 11 is 0. The van der Waals surface area contributed by atoms with Crippen LogP contribution in [0.1, 0.15) is 11.1 Å². The van der Waals surface area contributed by atoms with E-state index in [1.165, 1.54) is 18.7 Å². The van der Waals surface area contributed by atoms with Gasteiger partial charge in [-0.1, -0.05) is 12.1 Å². The molecule has 3 aromatic rings. The zero-order valence-electron chi connectivity index (χ0n) is 10.7. The van der Waals surface area contributed by atoms with Gasteiger partial charge in [-0.25, -0.2) is 15.0 Å². The normalized spacial score (nSPS) is 12.0. The number of alkyl halides is 3. The minimum Gasteiger partial charge on any atom is -0.382 e. The second kappa shape index (κ2) is 4.72. The van der Waals surface area contributed by atoms with E-state index in [0.717, 1.165) is 12.1 Å². The van der Waals surface area contributed by atoms with Crippen molar-refractivity contribution in [3.8, 4) is 0 Å². The fourth-order valence-electron chi connectivity index (χ4n) is 2.06. The molecule has 1 aromatic carbocycles. The van der Waals surface area contributed by atoms with Gasteiger partial charge in [0, 0.05) is 0 Å². The largest absolute Gasteiger partial charge is 0.416 e. The monoisotopic (exact) mass is 293 g/mol. The number of aromatic nitrogens is 4. The highest BCUT2D eigenvalue weighted by atomic mass is 19.4. The van der Waals surface area contributed by atoms with Crippen LogP contribution >= 0.6 is 0 Å². The van der Waals surface area contributed by atoms with E-state index in [1.54, 1.807) is 10.6 Å². The fraction of sp³-hybridized carbons (Fsp3) is 0.154. The molecule has 0 aliphatic heterocycles. The SMILES string of the molecule is Nc1ncnc2c1ncn2Cc1cccc(C(F)(F)F)c1. The number of rotatable bonds is 2. The van der Waals surface area contributed by atoms with E-state index in [4.69, 9.17) is 5.73 Å². The molecule has 0 unspecified atom stereocenters. The molecule has 0 amide bonds. The first kappa shape index (κ1) is 13.3. The Morgan fingerprint density at radius 3 is 2.71 bits per heavy atom. The quantitative estimate of drug-likeness (QED) is 0.788. The molecule has 3 rings (SSSR count). The third kappa shape index (κ3) is 2.51. The second-order valence-electron chi connectivity index (χ2n) is 4.50. The maximum atomic E-state index is 12.7. The number of nitrogen functional groups attached to an aromatic ring is 1. The fourth-order valence-corrected chi connectivity index (χ4v) is 2.06. The highest BCUT2D eigenvalue weighted by molar-refractivity contribution is 5.81.